The fourth-order valence-corrected chi connectivity index (χ4v) is 20.9. The van der Waals surface area contributed by atoms with E-state index in [1.165, 1.54) is 199 Å². The number of aryl methyl sites for hydroxylation is 13. The Morgan fingerprint density at radius 3 is 0.650 bits per heavy atom. The first-order valence-corrected chi connectivity index (χ1v) is 50.6. The molecule has 143 heavy (non-hydrogen) atoms. The standard InChI is InChI=1S/2C32H36N4O.C31H36N4.C31H35N3/c2*1-20-11-14-25(32(5,6)7)17-29(20)35-18-27-28(19-35)34-36(30-21(2)9-8-10-22(30)3)31(27)24-12-15-26(16-13-24)33-23(4)37;1-20-11-14-24(31(4,5)6)17-28(20)34-18-26-27(19-34)33-35(29-21(2)9-8-10-22(29)3)30(26)23-12-15-25(32-7)16-13-23;1-20-11-14-24(15-12-20)30-26-18-33(28-17-25(31(5,6)7)16-13-21(28)2)19-27(26)32-34(30)29-22(3)9-8-10-23(29)4/h2*8-17H,18-19H2,1-7H3,(H,33,37);8-17,32H,18-19H2,1-7H3;8-17H,18-19H2,1-7H3. The summed E-state index contributed by atoms with van der Waals surface area (Å²) in [5.41, 5.74) is 53.6. The van der Waals surface area contributed by atoms with Crippen LogP contribution in [-0.2, 0) is 83.6 Å². The van der Waals surface area contributed by atoms with Crippen molar-refractivity contribution in [2.45, 2.75) is 261 Å². The van der Waals surface area contributed by atoms with Crippen LogP contribution in [0.25, 0.3) is 67.8 Å². The van der Waals surface area contributed by atoms with Gasteiger partial charge in [-0.3, -0.25) is 9.59 Å². The van der Waals surface area contributed by atoms with Crippen molar-refractivity contribution in [2.24, 2.45) is 0 Å². The van der Waals surface area contributed by atoms with Gasteiger partial charge in [0.05, 0.1) is 94.5 Å². The van der Waals surface area contributed by atoms with Gasteiger partial charge in [-0.05, 0) is 261 Å². The highest BCUT2D eigenvalue weighted by Crippen LogP contribution is 2.48. The lowest BCUT2D eigenvalue weighted by Crippen LogP contribution is -2.19. The quantitative estimate of drug-likeness (QED) is 0.0898. The number of hydrogen-bond acceptors (Lipinski definition) is 11. The van der Waals surface area contributed by atoms with E-state index < -0.39 is 0 Å². The normalized spacial score (nSPS) is 13.2. The second-order valence-electron chi connectivity index (χ2n) is 44.3. The Morgan fingerprint density at radius 1 is 0.252 bits per heavy atom. The number of para-hydroxylation sites is 4. The lowest BCUT2D eigenvalue weighted by molar-refractivity contribution is -0.115. The van der Waals surface area contributed by atoms with Gasteiger partial charge in [0.1, 0.15) is 0 Å². The molecule has 20 rings (SSSR count). The first-order chi connectivity index (χ1) is 67.8. The maximum atomic E-state index is 11.5. The minimum Gasteiger partial charge on any atom is -0.388 e. The highest BCUT2D eigenvalue weighted by molar-refractivity contribution is 5.90. The number of nitrogens with zero attached hydrogens (tertiary/aromatic N) is 12. The largest absolute Gasteiger partial charge is 0.388 e. The minimum atomic E-state index is -0.0716. The number of aromatic nitrogens is 8. The van der Waals surface area contributed by atoms with Crippen LogP contribution in [0.1, 0.15) is 237 Å². The van der Waals surface area contributed by atoms with Crippen LogP contribution in [0.15, 0.2) is 243 Å². The summed E-state index contributed by atoms with van der Waals surface area (Å²) in [6.07, 6.45) is 0. The molecule has 2 amide bonds. The Hall–Kier alpha value is -14.6. The van der Waals surface area contributed by atoms with E-state index >= 15 is 0 Å². The Kier molecular flexibility index (Phi) is 27.8. The molecule has 3 N–H and O–H groups in total. The Labute approximate surface area is 848 Å². The second-order valence-corrected chi connectivity index (χ2v) is 44.3. The van der Waals surface area contributed by atoms with Crippen molar-refractivity contribution in [3.05, 3.63) is 382 Å². The average molecular weight is 1900 g/mol. The molecule has 16 aromatic rings. The van der Waals surface area contributed by atoms with Gasteiger partial charge in [0, 0.05) is 131 Å². The average Bonchev–Trinajstić information content (AvgIpc) is 1.60. The molecule has 17 nitrogen and oxygen atoms in total. The number of carbonyl (C=O) groups excluding carboxylic acids is 2. The number of rotatable bonds is 15. The smallest absolute Gasteiger partial charge is 0.221 e. The zero-order chi connectivity index (χ0) is 102. The van der Waals surface area contributed by atoms with Gasteiger partial charge < -0.3 is 35.6 Å². The van der Waals surface area contributed by atoms with E-state index in [1.807, 2.05) is 31.3 Å². The van der Waals surface area contributed by atoms with Crippen LogP contribution in [0.3, 0.4) is 0 Å². The van der Waals surface area contributed by atoms with E-state index in [2.05, 4.69) is 446 Å². The van der Waals surface area contributed by atoms with E-state index in [9.17, 15) is 9.59 Å². The van der Waals surface area contributed by atoms with Gasteiger partial charge in [0.2, 0.25) is 11.8 Å². The summed E-state index contributed by atoms with van der Waals surface area (Å²) in [7, 11) is 1.96. The van der Waals surface area contributed by atoms with E-state index in [-0.39, 0.29) is 33.5 Å². The molecule has 4 aliphatic heterocycles. The van der Waals surface area contributed by atoms with Crippen molar-refractivity contribution in [1.82, 2.24) is 39.1 Å². The third kappa shape index (κ3) is 20.7. The molecule has 734 valence electrons. The fraction of sp³-hybridized carbons (Fsp3) is 0.317. The zero-order valence-corrected chi connectivity index (χ0v) is 89.4. The van der Waals surface area contributed by atoms with Crippen molar-refractivity contribution in [1.29, 1.82) is 0 Å². The van der Waals surface area contributed by atoms with Gasteiger partial charge in [-0.25, -0.2) is 18.7 Å². The van der Waals surface area contributed by atoms with Gasteiger partial charge >= 0.3 is 0 Å². The van der Waals surface area contributed by atoms with Gasteiger partial charge in [-0.2, -0.15) is 20.4 Å². The van der Waals surface area contributed by atoms with Crippen LogP contribution in [0, 0.1) is 90.0 Å². The van der Waals surface area contributed by atoms with Crippen LogP contribution in [0.4, 0.5) is 39.8 Å². The molecule has 17 heteroatoms. The number of carbonyl (C=O) groups is 2. The van der Waals surface area contributed by atoms with Gasteiger partial charge in [0.25, 0.3) is 0 Å². The molecule has 8 heterocycles. The topological polar surface area (TPSA) is 154 Å². The number of hydrogen-bond donors (Lipinski definition) is 3. The molecular formula is C126H143N15O2. The van der Waals surface area contributed by atoms with Crippen molar-refractivity contribution in [3.8, 4) is 67.8 Å². The summed E-state index contributed by atoms with van der Waals surface area (Å²) in [6.45, 7) is 65.1. The molecule has 0 radical (unpaired) electrons. The molecule has 0 atom stereocenters. The second kappa shape index (κ2) is 39.7. The third-order valence-corrected chi connectivity index (χ3v) is 29.0. The van der Waals surface area contributed by atoms with Gasteiger partial charge in [-0.15, -0.1) is 0 Å². The molecule has 0 saturated carbocycles. The van der Waals surface area contributed by atoms with Gasteiger partial charge in [0.15, 0.2) is 0 Å². The molecule has 0 spiro atoms. The minimum absolute atomic E-state index is 0.0716. The zero-order valence-electron chi connectivity index (χ0n) is 89.4. The molecule has 12 aromatic carbocycles. The van der Waals surface area contributed by atoms with Crippen molar-refractivity contribution in [3.63, 3.8) is 0 Å². The van der Waals surface area contributed by atoms with Gasteiger partial charge in [-0.1, -0.05) is 271 Å². The molecule has 4 aromatic heterocycles. The van der Waals surface area contributed by atoms with Crippen molar-refractivity contribution < 1.29 is 9.59 Å². The first-order valence-electron chi connectivity index (χ1n) is 50.6. The third-order valence-electron chi connectivity index (χ3n) is 29.0. The lowest BCUT2D eigenvalue weighted by Gasteiger charge is -2.26. The van der Waals surface area contributed by atoms with E-state index in [4.69, 9.17) is 20.4 Å². The Bertz CT molecular complexity index is 7200. The Morgan fingerprint density at radius 2 is 0.455 bits per heavy atom. The van der Waals surface area contributed by atoms with E-state index in [0.29, 0.717) is 0 Å². The number of fused-ring (bicyclic) bond motifs is 4. The molecule has 0 saturated heterocycles. The number of anilines is 7. The molecule has 0 fully saturated rings. The predicted molar refractivity (Wildman–Crippen MR) is 596 cm³/mol. The van der Waals surface area contributed by atoms with Crippen molar-refractivity contribution in [2.75, 3.05) is 42.6 Å². The molecule has 0 bridgehead atoms. The molecule has 4 aliphatic rings. The Balaban J connectivity index is 0.000000131. The first kappa shape index (κ1) is 100.0. The van der Waals surface area contributed by atoms with Crippen molar-refractivity contribution >= 4 is 51.6 Å². The van der Waals surface area contributed by atoms with Crippen LogP contribution >= 0.6 is 0 Å². The molecular weight excluding hydrogens is 1760 g/mol. The van der Waals surface area contributed by atoms with Crippen LogP contribution < -0.4 is 35.6 Å². The van der Waals surface area contributed by atoms with E-state index in [1.54, 1.807) is 0 Å². The predicted octanol–water partition coefficient (Wildman–Crippen LogP) is 29.4. The summed E-state index contributed by atoms with van der Waals surface area (Å²) < 4.78 is 8.67. The maximum Gasteiger partial charge on any atom is 0.221 e. The molecule has 0 unspecified atom stereocenters. The monoisotopic (exact) mass is 1900 g/mol. The number of benzene rings is 12. The fourth-order valence-electron chi connectivity index (χ4n) is 20.9. The SMILES string of the molecule is CC(=O)Nc1ccc(-c2c3c(nn2-c2c(C)cccc2C)CN(c2cc(C(C)(C)C)ccc2C)C3)cc1.CC(=O)Nc1ccc(-c2c3c(nn2-c2c(C)cccc2C)CN(c2cc(C(C)(C)C)ccc2C)C3)cc1.CNc1ccc(-c2c3c(nn2-c2c(C)cccc2C)CN(c2cc(C(C)(C)C)ccc2C)C3)cc1.Cc1ccc(-c2c3c(nn2-c2c(C)cccc2C)CN(c2cc(C(C)(C)C)ccc2C)C3)cc1. The summed E-state index contributed by atoms with van der Waals surface area (Å²) in [5.74, 6) is -0.143. The number of nitrogens with one attached hydrogen (secondary N) is 3. The lowest BCUT2D eigenvalue weighted by atomic mass is 9.86. The highest BCUT2D eigenvalue weighted by atomic mass is 16.2. The summed E-state index contributed by atoms with van der Waals surface area (Å²) in [4.78, 5) is 33.0. The van der Waals surface area contributed by atoms with E-state index in [0.717, 1.165) is 115 Å². The summed E-state index contributed by atoms with van der Waals surface area (Å²) in [5, 5.41) is 29.9. The summed E-state index contributed by atoms with van der Waals surface area (Å²) in [6, 6.07) is 87.1. The van der Waals surface area contributed by atoms with Crippen LogP contribution in [0.5, 0.6) is 0 Å². The number of amides is 2. The van der Waals surface area contributed by atoms with Crippen LogP contribution in [-0.4, -0.2) is 58.0 Å². The molecule has 0 aliphatic carbocycles. The maximum absolute atomic E-state index is 11.5. The summed E-state index contributed by atoms with van der Waals surface area (Å²) >= 11 is 0. The van der Waals surface area contributed by atoms with Crippen LogP contribution in [0.2, 0.25) is 0 Å². The highest BCUT2D eigenvalue weighted by Gasteiger charge is 2.38.